The van der Waals surface area contributed by atoms with Crippen LogP contribution in [0, 0.1) is 11.3 Å². The molecule has 1 unspecified atom stereocenters. The summed E-state index contributed by atoms with van der Waals surface area (Å²) in [5.74, 6) is -0.0837. The van der Waals surface area contributed by atoms with Gasteiger partial charge in [0.1, 0.15) is 6.04 Å². The van der Waals surface area contributed by atoms with Gasteiger partial charge in [-0.05, 0) is 6.92 Å². The highest BCUT2D eigenvalue weighted by atomic mass is 16.2. The van der Waals surface area contributed by atoms with E-state index in [9.17, 15) is 4.79 Å². The minimum absolute atomic E-state index is 0.0837. The molecule has 0 bridgehead atoms. The molecule has 12 heavy (non-hydrogen) atoms. The third-order valence-corrected chi connectivity index (χ3v) is 1.59. The third-order valence-electron chi connectivity index (χ3n) is 1.59. The van der Waals surface area contributed by atoms with Crippen LogP contribution in [0.2, 0.25) is 0 Å². The summed E-state index contributed by atoms with van der Waals surface area (Å²) in [6.45, 7) is 2.46. The first-order valence-electron chi connectivity index (χ1n) is 3.79. The highest BCUT2D eigenvalue weighted by molar-refractivity contribution is 5.90. The summed E-state index contributed by atoms with van der Waals surface area (Å²) >= 11 is 0. The van der Waals surface area contributed by atoms with Crippen LogP contribution < -0.4 is 0 Å². The maximum atomic E-state index is 11.1. The van der Waals surface area contributed by atoms with Gasteiger partial charge in [0.2, 0.25) is 5.91 Å². The quantitative estimate of drug-likeness (QED) is 0.343. The highest BCUT2D eigenvalue weighted by Crippen LogP contribution is 2.15. The molecule has 1 heterocycles. The predicted octanol–water partition coefficient (Wildman–Crippen LogP) is 0.853. The largest absolute Gasteiger partial charge is 0.318 e. The molecule has 0 saturated carbocycles. The van der Waals surface area contributed by atoms with Gasteiger partial charge in [0.05, 0.1) is 12.6 Å². The Morgan fingerprint density at radius 1 is 1.67 bits per heavy atom. The molecule has 0 aromatic rings. The Kier molecular flexibility index (Phi) is 2.65. The van der Waals surface area contributed by atoms with Crippen LogP contribution in [-0.4, -0.2) is 23.4 Å². The molecule has 1 aliphatic rings. The van der Waals surface area contributed by atoms with Crippen LogP contribution in [0.4, 0.5) is 0 Å². The number of nitrogens with zero attached hydrogens (tertiary/aromatic N) is 2. The molecule has 3 nitrogen and oxygen atoms in total. The molecule has 3 heteroatoms. The summed E-state index contributed by atoms with van der Waals surface area (Å²) in [4.78, 5) is 12.6. The van der Waals surface area contributed by atoms with Gasteiger partial charge >= 0.3 is 0 Å². The summed E-state index contributed by atoms with van der Waals surface area (Å²) in [6, 6.07) is 1.83. The molecule has 0 aliphatic carbocycles. The predicted molar refractivity (Wildman–Crippen MR) is 45.1 cm³/mol. The Balaban J connectivity index is 2.37. The van der Waals surface area contributed by atoms with Gasteiger partial charge in [-0.3, -0.25) is 4.79 Å². The number of carbonyl (C=O) groups excluding carboxylic acids is 1. The van der Waals surface area contributed by atoms with Crippen molar-refractivity contribution in [2.45, 2.75) is 13.0 Å². The van der Waals surface area contributed by atoms with Crippen molar-refractivity contribution in [2.24, 2.45) is 0 Å². The van der Waals surface area contributed by atoms with Crippen molar-refractivity contribution >= 4 is 5.91 Å². The van der Waals surface area contributed by atoms with E-state index in [0.717, 1.165) is 0 Å². The summed E-state index contributed by atoms with van der Waals surface area (Å²) in [7, 11) is 0. The Labute approximate surface area is 71.6 Å². The fourth-order valence-electron chi connectivity index (χ4n) is 0.838. The van der Waals surface area contributed by atoms with E-state index in [4.69, 9.17) is 5.26 Å². The van der Waals surface area contributed by atoms with Crippen molar-refractivity contribution in [2.75, 3.05) is 6.54 Å². The number of amides is 1. The standard InChI is InChI=1S/C9H10N2O/c1-2-3-4-5-9(12)11-7-8(11)6-10/h2-5,8H,7H2,1H3/b3-2+,5-4+. The van der Waals surface area contributed by atoms with Gasteiger partial charge in [-0.1, -0.05) is 18.2 Å². The molecule has 0 radical (unpaired) electrons. The fraction of sp³-hybridized carbons (Fsp3) is 0.333. The topological polar surface area (TPSA) is 43.9 Å². The van der Waals surface area contributed by atoms with Gasteiger partial charge < -0.3 is 4.90 Å². The summed E-state index contributed by atoms with van der Waals surface area (Å²) in [6.07, 6.45) is 6.77. The molecular weight excluding hydrogens is 152 g/mol. The van der Waals surface area contributed by atoms with Crippen LogP contribution in [0.1, 0.15) is 6.92 Å². The van der Waals surface area contributed by atoms with Crippen LogP contribution >= 0.6 is 0 Å². The highest BCUT2D eigenvalue weighted by Gasteiger charge is 2.36. The van der Waals surface area contributed by atoms with Gasteiger partial charge in [-0.25, -0.2) is 0 Å². The molecule has 1 saturated heterocycles. The van der Waals surface area contributed by atoms with E-state index in [0.29, 0.717) is 6.54 Å². The SMILES string of the molecule is C/C=C/C=C/C(=O)N1CC1C#N. The van der Waals surface area contributed by atoms with Gasteiger partial charge in [-0.15, -0.1) is 0 Å². The van der Waals surface area contributed by atoms with Crippen molar-refractivity contribution in [3.63, 3.8) is 0 Å². The second-order valence-corrected chi connectivity index (χ2v) is 2.52. The average molecular weight is 162 g/mol. The molecule has 1 aliphatic heterocycles. The first-order chi connectivity index (χ1) is 5.79. The van der Waals surface area contributed by atoms with Crippen LogP contribution in [0.25, 0.3) is 0 Å². The number of hydrogen-bond donors (Lipinski definition) is 0. The van der Waals surface area contributed by atoms with Gasteiger partial charge in [0.15, 0.2) is 0 Å². The maximum absolute atomic E-state index is 11.1. The second-order valence-electron chi connectivity index (χ2n) is 2.52. The molecule has 1 atom stereocenters. The number of hydrogen-bond acceptors (Lipinski definition) is 2. The Hall–Kier alpha value is -1.56. The van der Waals surface area contributed by atoms with Crippen molar-refractivity contribution in [3.05, 3.63) is 24.3 Å². The lowest BCUT2D eigenvalue weighted by atomic mass is 10.4. The first-order valence-corrected chi connectivity index (χ1v) is 3.79. The molecule has 1 fully saturated rings. The molecule has 0 aromatic heterocycles. The molecule has 0 N–H and O–H groups in total. The van der Waals surface area contributed by atoms with Crippen molar-refractivity contribution in [1.82, 2.24) is 4.90 Å². The minimum Gasteiger partial charge on any atom is -0.318 e. The molecule has 0 aromatic carbocycles. The molecule has 1 rings (SSSR count). The molecular formula is C9H10N2O. The van der Waals surface area contributed by atoms with E-state index >= 15 is 0 Å². The first kappa shape index (κ1) is 8.54. The lowest BCUT2D eigenvalue weighted by Gasteiger charge is -1.91. The number of carbonyl (C=O) groups is 1. The van der Waals surface area contributed by atoms with Crippen LogP contribution in [0.3, 0.4) is 0 Å². The van der Waals surface area contributed by atoms with Crippen LogP contribution in [0.5, 0.6) is 0 Å². The number of allylic oxidation sites excluding steroid dienone is 3. The van der Waals surface area contributed by atoms with E-state index in [1.54, 1.807) is 12.2 Å². The Morgan fingerprint density at radius 3 is 2.92 bits per heavy atom. The molecule has 0 spiro atoms. The lowest BCUT2D eigenvalue weighted by molar-refractivity contribution is -0.121. The van der Waals surface area contributed by atoms with Gasteiger partial charge in [-0.2, -0.15) is 5.26 Å². The van der Waals surface area contributed by atoms with E-state index in [1.807, 2.05) is 19.1 Å². The third kappa shape index (κ3) is 1.96. The molecule has 62 valence electrons. The minimum atomic E-state index is -0.187. The van der Waals surface area contributed by atoms with Gasteiger partial charge in [0.25, 0.3) is 0 Å². The second kappa shape index (κ2) is 3.72. The summed E-state index contributed by atoms with van der Waals surface area (Å²) in [5, 5.41) is 8.41. The van der Waals surface area contributed by atoms with Gasteiger partial charge in [0, 0.05) is 6.08 Å². The fourth-order valence-corrected chi connectivity index (χ4v) is 0.838. The smallest absolute Gasteiger partial charge is 0.247 e. The monoisotopic (exact) mass is 162 g/mol. The lowest BCUT2D eigenvalue weighted by Crippen LogP contribution is -2.08. The summed E-state index contributed by atoms with van der Waals surface area (Å²) in [5.41, 5.74) is 0. The van der Waals surface area contributed by atoms with E-state index in [1.165, 1.54) is 11.0 Å². The Bertz CT molecular complexity index is 273. The average Bonchev–Trinajstić information content (AvgIpc) is 2.83. The molecule has 1 amide bonds. The number of nitriles is 1. The van der Waals surface area contributed by atoms with Crippen molar-refractivity contribution in [3.8, 4) is 6.07 Å². The van der Waals surface area contributed by atoms with Crippen molar-refractivity contribution in [1.29, 1.82) is 5.26 Å². The van der Waals surface area contributed by atoms with Crippen molar-refractivity contribution < 1.29 is 4.79 Å². The van der Waals surface area contributed by atoms with E-state index in [-0.39, 0.29) is 11.9 Å². The zero-order valence-electron chi connectivity index (χ0n) is 6.90. The zero-order valence-corrected chi connectivity index (χ0v) is 6.90. The normalized spacial score (nSPS) is 21.7. The van der Waals surface area contributed by atoms with Crippen LogP contribution in [-0.2, 0) is 4.79 Å². The van der Waals surface area contributed by atoms with E-state index < -0.39 is 0 Å². The maximum Gasteiger partial charge on any atom is 0.247 e. The van der Waals surface area contributed by atoms with Crippen LogP contribution in [0.15, 0.2) is 24.3 Å². The van der Waals surface area contributed by atoms with E-state index in [2.05, 4.69) is 0 Å². The zero-order chi connectivity index (χ0) is 8.97. The Morgan fingerprint density at radius 2 is 2.42 bits per heavy atom. The summed E-state index contributed by atoms with van der Waals surface area (Å²) < 4.78 is 0. The number of rotatable bonds is 2.